The van der Waals surface area contributed by atoms with Gasteiger partial charge in [0.15, 0.2) is 6.61 Å². The van der Waals surface area contributed by atoms with E-state index in [2.05, 4.69) is 10.1 Å². The van der Waals surface area contributed by atoms with E-state index in [-0.39, 0.29) is 24.1 Å². The van der Waals surface area contributed by atoms with Gasteiger partial charge in [0, 0.05) is 18.8 Å². The maximum atomic E-state index is 14.3. The van der Waals surface area contributed by atoms with Gasteiger partial charge in [-0.15, -0.1) is 12.4 Å². The quantitative estimate of drug-likeness (QED) is 0.732. The molecule has 0 aromatic heterocycles. The summed E-state index contributed by atoms with van der Waals surface area (Å²) < 4.78 is 54.2. The normalized spacial score (nSPS) is 15.2. The fraction of sp³-hybridized carbons (Fsp3) is 0.562. The predicted octanol–water partition coefficient (Wildman–Crippen LogP) is 5.13. The Hall–Kier alpha value is -1.70. The molecule has 0 atom stereocenters. The molecule has 4 nitrogen and oxygen atoms in total. The molecule has 0 aliphatic heterocycles. The molecule has 1 aliphatic rings. The molecule has 1 fully saturated rings. The predicted molar refractivity (Wildman–Crippen MR) is 89.9 cm³/mol. The van der Waals surface area contributed by atoms with Crippen LogP contribution < -0.4 is 10.2 Å². The molecule has 0 saturated heterocycles. The summed E-state index contributed by atoms with van der Waals surface area (Å²) >= 11 is 0. The van der Waals surface area contributed by atoms with Crippen molar-refractivity contribution < 1.29 is 27.1 Å². The Morgan fingerprint density at radius 2 is 1.92 bits per heavy atom. The van der Waals surface area contributed by atoms with Crippen LogP contribution in [0, 0.1) is 5.82 Å². The van der Waals surface area contributed by atoms with Crippen molar-refractivity contribution >= 4 is 29.9 Å². The molecule has 1 N–H and O–H groups in total. The minimum Gasteiger partial charge on any atom is -0.440 e. The van der Waals surface area contributed by atoms with Gasteiger partial charge in [0.25, 0.3) is 0 Å². The smallest absolute Gasteiger partial charge is 0.422 e. The van der Waals surface area contributed by atoms with E-state index >= 15 is 0 Å². The highest BCUT2D eigenvalue weighted by molar-refractivity contribution is 5.85. The zero-order valence-corrected chi connectivity index (χ0v) is 14.6. The lowest BCUT2D eigenvalue weighted by molar-refractivity contribution is -0.159. The van der Waals surface area contributed by atoms with Crippen molar-refractivity contribution in [3.05, 3.63) is 24.0 Å². The van der Waals surface area contributed by atoms with E-state index < -0.39 is 24.7 Å². The molecule has 25 heavy (non-hydrogen) atoms. The van der Waals surface area contributed by atoms with Crippen LogP contribution in [-0.2, 0) is 4.74 Å². The number of hydrogen-bond donors (Lipinski definition) is 1. The second-order valence-corrected chi connectivity index (χ2v) is 5.89. The first-order chi connectivity index (χ1) is 11.3. The third kappa shape index (κ3) is 6.61. The highest BCUT2D eigenvalue weighted by atomic mass is 35.5. The van der Waals surface area contributed by atoms with Crippen molar-refractivity contribution in [1.82, 2.24) is 0 Å². The molecule has 1 aromatic rings. The van der Waals surface area contributed by atoms with Crippen LogP contribution in [0.4, 0.5) is 33.7 Å². The molecule has 1 aromatic carbocycles. The molecule has 0 bridgehead atoms. The third-order valence-electron chi connectivity index (χ3n) is 4.06. The van der Waals surface area contributed by atoms with Crippen molar-refractivity contribution in [3.8, 4) is 0 Å². The zero-order chi connectivity index (χ0) is 17.7. The molecule has 1 saturated carbocycles. The van der Waals surface area contributed by atoms with E-state index in [9.17, 15) is 22.4 Å². The van der Waals surface area contributed by atoms with E-state index in [0.717, 1.165) is 31.7 Å². The summed E-state index contributed by atoms with van der Waals surface area (Å²) in [6, 6.07) is 4.28. The summed E-state index contributed by atoms with van der Waals surface area (Å²) in [5, 5.41) is 2.08. The Bertz CT molecular complexity index is 578. The van der Waals surface area contributed by atoms with Crippen LogP contribution in [0.3, 0.4) is 0 Å². The second kappa shape index (κ2) is 9.12. The minimum absolute atomic E-state index is 0. The average Bonchev–Trinajstić information content (AvgIpc) is 2.53. The number of ether oxygens (including phenoxy) is 1. The number of nitrogens with one attached hydrogen (secondary N) is 1. The van der Waals surface area contributed by atoms with Crippen LogP contribution in [0.15, 0.2) is 18.2 Å². The van der Waals surface area contributed by atoms with Crippen LogP contribution >= 0.6 is 12.4 Å². The third-order valence-corrected chi connectivity index (χ3v) is 4.06. The lowest BCUT2D eigenvalue weighted by Gasteiger charge is -2.33. The van der Waals surface area contributed by atoms with E-state index in [1.165, 1.54) is 18.6 Å². The van der Waals surface area contributed by atoms with E-state index in [0.29, 0.717) is 5.69 Å². The summed E-state index contributed by atoms with van der Waals surface area (Å²) in [6.45, 7) is -1.69. The van der Waals surface area contributed by atoms with Gasteiger partial charge in [-0.05, 0) is 31.0 Å². The molecule has 0 unspecified atom stereocenters. The number of rotatable bonds is 4. The van der Waals surface area contributed by atoms with Crippen LogP contribution in [0.5, 0.6) is 0 Å². The number of hydrogen-bond acceptors (Lipinski definition) is 3. The number of alkyl halides is 3. The second-order valence-electron chi connectivity index (χ2n) is 5.89. The van der Waals surface area contributed by atoms with Gasteiger partial charge in [0.05, 0.1) is 5.69 Å². The van der Waals surface area contributed by atoms with Crippen LogP contribution in [0.1, 0.15) is 32.1 Å². The molecule has 0 spiro atoms. The molecule has 0 radical (unpaired) electrons. The monoisotopic (exact) mass is 384 g/mol. The molecule has 1 aliphatic carbocycles. The van der Waals surface area contributed by atoms with Gasteiger partial charge in [0.1, 0.15) is 5.82 Å². The van der Waals surface area contributed by atoms with Crippen LogP contribution in [-0.4, -0.2) is 32.0 Å². The number of benzene rings is 1. The topological polar surface area (TPSA) is 41.6 Å². The highest BCUT2D eigenvalue weighted by Crippen LogP contribution is 2.29. The summed E-state index contributed by atoms with van der Waals surface area (Å²) in [6.07, 6.45) is -0.465. The average molecular weight is 385 g/mol. The van der Waals surface area contributed by atoms with Crippen molar-refractivity contribution in [2.24, 2.45) is 0 Å². The number of carbonyl (C=O) groups excluding carboxylic acids is 1. The van der Waals surface area contributed by atoms with E-state index in [1.807, 2.05) is 11.9 Å². The Balaban J connectivity index is 0.00000312. The SMILES string of the molecule is CN(c1ccc(NC(=O)OCC(F)(F)F)cc1F)C1CCCCC1.Cl. The number of amides is 1. The molecular formula is C16H21ClF4N2O2. The minimum atomic E-state index is -4.60. The van der Waals surface area contributed by atoms with Gasteiger partial charge in [-0.3, -0.25) is 5.32 Å². The molecular weight excluding hydrogens is 364 g/mol. The molecule has 142 valence electrons. The maximum absolute atomic E-state index is 14.3. The lowest BCUT2D eigenvalue weighted by Crippen LogP contribution is -2.33. The molecule has 9 heteroatoms. The zero-order valence-electron chi connectivity index (χ0n) is 13.7. The largest absolute Gasteiger partial charge is 0.440 e. The van der Waals surface area contributed by atoms with Crippen molar-refractivity contribution in [1.29, 1.82) is 0 Å². The fourth-order valence-electron chi connectivity index (χ4n) is 2.84. The Kier molecular flexibility index (Phi) is 7.79. The van der Waals surface area contributed by atoms with Crippen LogP contribution in [0.25, 0.3) is 0 Å². The maximum Gasteiger partial charge on any atom is 0.422 e. The molecule has 1 amide bonds. The molecule has 0 heterocycles. The van der Waals surface area contributed by atoms with Crippen molar-refractivity contribution in [3.63, 3.8) is 0 Å². The number of anilines is 2. The summed E-state index contributed by atoms with van der Waals surface area (Å²) in [7, 11) is 1.82. The first-order valence-electron chi connectivity index (χ1n) is 7.79. The standard InChI is InChI=1S/C16H20F4N2O2.ClH/c1-22(12-5-3-2-4-6-12)14-8-7-11(9-13(14)17)21-15(23)24-10-16(18,19)20;/h7-9,12H,2-6,10H2,1H3,(H,21,23);1H. The van der Waals surface area contributed by atoms with E-state index in [4.69, 9.17) is 0 Å². The fourth-order valence-corrected chi connectivity index (χ4v) is 2.84. The highest BCUT2D eigenvalue weighted by Gasteiger charge is 2.29. The van der Waals surface area contributed by atoms with Gasteiger partial charge in [-0.1, -0.05) is 19.3 Å². The molecule has 2 rings (SSSR count). The summed E-state index contributed by atoms with van der Waals surface area (Å²) in [5.74, 6) is -0.545. The van der Waals surface area contributed by atoms with Crippen molar-refractivity contribution in [2.45, 2.75) is 44.3 Å². The first-order valence-corrected chi connectivity index (χ1v) is 7.79. The number of halogens is 5. The summed E-state index contributed by atoms with van der Waals surface area (Å²) in [4.78, 5) is 13.1. The lowest BCUT2D eigenvalue weighted by atomic mass is 9.94. The van der Waals surface area contributed by atoms with Gasteiger partial charge < -0.3 is 9.64 Å². The van der Waals surface area contributed by atoms with Gasteiger partial charge in [-0.25, -0.2) is 9.18 Å². The summed E-state index contributed by atoms with van der Waals surface area (Å²) in [5.41, 5.74) is 0.441. The van der Waals surface area contributed by atoms with Gasteiger partial charge >= 0.3 is 12.3 Å². The first kappa shape index (κ1) is 21.3. The van der Waals surface area contributed by atoms with Gasteiger partial charge in [0.2, 0.25) is 0 Å². The van der Waals surface area contributed by atoms with Crippen molar-refractivity contribution in [2.75, 3.05) is 23.9 Å². The van der Waals surface area contributed by atoms with Gasteiger partial charge in [-0.2, -0.15) is 13.2 Å². The van der Waals surface area contributed by atoms with E-state index in [1.54, 1.807) is 0 Å². The Labute approximate surface area is 149 Å². The number of nitrogens with zero attached hydrogens (tertiary/aromatic N) is 1. The van der Waals surface area contributed by atoms with Crippen LogP contribution in [0.2, 0.25) is 0 Å². The Morgan fingerprint density at radius 3 is 2.48 bits per heavy atom. The Morgan fingerprint density at radius 1 is 1.28 bits per heavy atom. The number of carbonyl (C=O) groups is 1.